The second-order valence-corrected chi connectivity index (χ2v) is 5.05. The maximum atomic E-state index is 11.7. The van der Waals surface area contributed by atoms with Gasteiger partial charge in [-0.2, -0.15) is 0 Å². The maximum Gasteiger partial charge on any atom is 0.237 e. The van der Waals surface area contributed by atoms with Crippen LogP contribution in [0.3, 0.4) is 0 Å². The van der Waals surface area contributed by atoms with Crippen LogP contribution in [0.2, 0.25) is 0 Å². The molecule has 0 spiro atoms. The van der Waals surface area contributed by atoms with Crippen LogP contribution in [0.25, 0.3) is 0 Å². The van der Waals surface area contributed by atoms with E-state index >= 15 is 0 Å². The first-order valence-corrected chi connectivity index (χ1v) is 6.45. The summed E-state index contributed by atoms with van der Waals surface area (Å²) in [6.45, 7) is 11.2. The summed E-state index contributed by atoms with van der Waals surface area (Å²) in [4.78, 5) is 11.7. The van der Waals surface area contributed by atoms with E-state index in [2.05, 4.69) is 26.1 Å². The van der Waals surface area contributed by atoms with Crippen molar-refractivity contribution < 1.29 is 4.79 Å². The van der Waals surface area contributed by atoms with Gasteiger partial charge in [-0.05, 0) is 30.6 Å². The van der Waals surface area contributed by atoms with Gasteiger partial charge in [0.1, 0.15) is 0 Å². The number of carbonyl (C=O) groups excluding carboxylic acids is 1. The van der Waals surface area contributed by atoms with E-state index in [-0.39, 0.29) is 35.7 Å². The molecular formula is C13H29ClN2O. The predicted octanol–water partition coefficient (Wildman–Crippen LogP) is 2.72. The number of rotatable bonds is 7. The lowest BCUT2D eigenvalue weighted by Crippen LogP contribution is -2.47. The summed E-state index contributed by atoms with van der Waals surface area (Å²) in [7, 11) is 0. The third-order valence-electron chi connectivity index (χ3n) is 3.91. The van der Waals surface area contributed by atoms with Crippen LogP contribution < -0.4 is 11.1 Å². The van der Waals surface area contributed by atoms with Crippen molar-refractivity contribution >= 4 is 18.3 Å². The third-order valence-corrected chi connectivity index (χ3v) is 3.91. The Hall–Kier alpha value is -0.280. The summed E-state index contributed by atoms with van der Waals surface area (Å²) >= 11 is 0. The highest BCUT2D eigenvalue weighted by Crippen LogP contribution is 2.29. The van der Waals surface area contributed by atoms with Gasteiger partial charge in [-0.1, -0.05) is 34.6 Å². The van der Waals surface area contributed by atoms with E-state index < -0.39 is 0 Å². The quantitative estimate of drug-likeness (QED) is 0.743. The first-order valence-electron chi connectivity index (χ1n) is 6.45. The normalized spacial score (nSPS) is 13.1. The first-order chi connectivity index (χ1) is 7.42. The van der Waals surface area contributed by atoms with Gasteiger partial charge in [-0.25, -0.2) is 0 Å². The van der Waals surface area contributed by atoms with Gasteiger partial charge in [-0.15, -0.1) is 12.4 Å². The van der Waals surface area contributed by atoms with Crippen LogP contribution in [0, 0.1) is 11.3 Å². The van der Waals surface area contributed by atoms with Gasteiger partial charge in [0.2, 0.25) is 5.91 Å². The Morgan fingerprint density at radius 2 is 1.59 bits per heavy atom. The molecule has 0 fully saturated rings. The maximum absolute atomic E-state index is 11.7. The number of carbonyl (C=O) groups is 1. The topological polar surface area (TPSA) is 55.1 Å². The van der Waals surface area contributed by atoms with Crippen molar-refractivity contribution in [2.24, 2.45) is 17.1 Å². The zero-order chi connectivity index (χ0) is 12.8. The van der Waals surface area contributed by atoms with Crippen LogP contribution in [0.15, 0.2) is 0 Å². The van der Waals surface area contributed by atoms with E-state index in [9.17, 15) is 4.79 Å². The van der Waals surface area contributed by atoms with Crippen LogP contribution in [-0.4, -0.2) is 18.5 Å². The van der Waals surface area contributed by atoms with E-state index in [4.69, 9.17) is 5.73 Å². The molecule has 0 saturated heterocycles. The molecule has 0 aromatic rings. The minimum atomic E-state index is -0.386. The third kappa shape index (κ3) is 5.73. The monoisotopic (exact) mass is 264 g/mol. The van der Waals surface area contributed by atoms with E-state index in [1.54, 1.807) is 0 Å². The lowest BCUT2D eigenvalue weighted by atomic mass is 9.80. The van der Waals surface area contributed by atoms with Crippen molar-refractivity contribution in [2.75, 3.05) is 6.54 Å². The van der Waals surface area contributed by atoms with Crippen LogP contribution in [0.1, 0.15) is 53.9 Å². The molecule has 0 rings (SSSR count). The molecule has 0 aromatic heterocycles. The number of nitrogens with one attached hydrogen (secondary N) is 1. The van der Waals surface area contributed by atoms with Crippen molar-refractivity contribution in [3.05, 3.63) is 0 Å². The van der Waals surface area contributed by atoms with E-state index in [1.807, 2.05) is 13.8 Å². The molecule has 0 aliphatic heterocycles. The fourth-order valence-corrected chi connectivity index (χ4v) is 1.82. The molecule has 0 aromatic carbocycles. The fraction of sp³-hybridized carbons (Fsp3) is 0.923. The molecule has 3 nitrogen and oxygen atoms in total. The van der Waals surface area contributed by atoms with Crippen molar-refractivity contribution in [1.29, 1.82) is 0 Å². The molecule has 17 heavy (non-hydrogen) atoms. The second-order valence-electron chi connectivity index (χ2n) is 5.05. The Bertz CT molecular complexity index is 207. The average Bonchev–Trinajstić information content (AvgIpc) is 2.30. The van der Waals surface area contributed by atoms with Gasteiger partial charge in [0.05, 0.1) is 6.04 Å². The first kappa shape index (κ1) is 19.1. The molecule has 0 unspecified atom stereocenters. The van der Waals surface area contributed by atoms with E-state index in [0.717, 1.165) is 25.8 Å². The summed E-state index contributed by atoms with van der Waals surface area (Å²) in [5, 5.41) is 2.99. The number of hydrogen-bond acceptors (Lipinski definition) is 2. The van der Waals surface area contributed by atoms with E-state index in [1.165, 1.54) is 0 Å². The molecule has 0 aliphatic rings. The lowest BCUT2D eigenvalue weighted by molar-refractivity contribution is -0.123. The number of halogens is 1. The summed E-state index contributed by atoms with van der Waals surface area (Å²) in [5.74, 6) is 0.175. The zero-order valence-electron chi connectivity index (χ0n) is 11.9. The SMILES string of the molecule is CCC(CC)(CC)CNC(=O)[C@@H](N)C(C)C.Cl. The van der Waals surface area contributed by atoms with Crippen molar-refractivity contribution in [3.63, 3.8) is 0 Å². The summed E-state index contributed by atoms with van der Waals surface area (Å²) < 4.78 is 0. The number of hydrogen-bond donors (Lipinski definition) is 2. The smallest absolute Gasteiger partial charge is 0.237 e. The Morgan fingerprint density at radius 1 is 1.18 bits per heavy atom. The Balaban J connectivity index is 0. The van der Waals surface area contributed by atoms with Gasteiger partial charge in [-0.3, -0.25) is 4.79 Å². The molecule has 104 valence electrons. The Labute approximate surface area is 112 Å². The fourth-order valence-electron chi connectivity index (χ4n) is 1.82. The zero-order valence-corrected chi connectivity index (χ0v) is 12.7. The standard InChI is InChI=1S/C13H28N2O.ClH/c1-6-13(7-2,8-3)9-15-12(16)11(14)10(4)5;/h10-11H,6-9,14H2,1-5H3,(H,15,16);1H/t11-;/m0./s1. The summed E-state index contributed by atoms with van der Waals surface area (Å²) in [5.41, 5.74) is 6.04. The van der Waals surface area contributed by atoms with Crippen LogP contribution in [-0.2, 0) is 4.79 Å². The van der Waals surface area contributed by atoms with Crippen molar-refractivity contribution in [2.45, 2.75) is 59.9 Å². The molecule has 1 amide bonds. The van der Waals surface area contributed by atoms with E-state index in [0.29, 0.717) is 0 Å². The predicted molar refractivity (Wildman–Crippen MR) is 76.4 cm³/mol. The van der Waals surface area contributed by atoms with Gasteiger partial charge >= 0.3 is 0 Å². The molecule has 0 saturated carbocycles. The van der Waals surface area contributed by atoms with Gasteiger partial charge in [0.25, 0.3) is 0 Å². The molecule has 0 radical (unpaired) electrons. The lowest BCUT2D eigenvalue weighted by Gasteiger charge is -2.31. The number of amides is 1. The van der Waals surface area contributed by atoms with Gasteiger partial charge in [0, 0.05) is 6.54 Å². The summed E-state index contributed by atoms with van der Waals surface area (Å²) in [6, 6.07) is -0.386. The Morgan fingerprint density at radius 3 is 1.88 bits per heavy atom. The van der Waals surface area contributed by atoms with Crippen LogP contribution >= 0.6 is 12.4 Å². The minimum absolute atomic E-state index is 0. The molecule has 0 bridgehead atoms. The Kier molecular flexibility index (Phi) is 9.82. The molecule has 3 N–H and O–H groups in total. The van der Waals surface area contributed by atoms with Crippen LogP contribution in [0.4, 0.5) is 0 Å². The summed E-state index contributed by atoms with van der Waals surface area (Å²) in [6.07, 6.45) is 3.28. The molecule has 4 heteroatoms. The minimum Gasteiger partial charge on any atom is -0.354 e. The van der Waals surface area contributed by atoms with Crippen molar-refractivity contribution in [3.8, 4) is 0 Å². The average molecular weight is 265 g/mol. The molecular weight excluding hydrogens is 236 g/mol. The molecule has 1 atom stereocenters. The number of nitrogens with two attached hydrogens (primary N) is 1. The molecule has 0 heterocycles. The van der Waals surface area contributed by atoms with Crippen LogP contribution in [0.5, 0.6) is 0 Å². The van der Waals surface area contributed by atoms with Crippen molar-refractivity contribution in [1.82, 2.24) is 5.32 Å². The van der Waals surface area contributed by atoms with Gasteiger partial charge in [0.15, 0.2) is 0 Å². The largest absolute Gasteiger partial charge is 0.354 e. The second kappa shape index (κ2) is 8.76. The highest BCUT2D eigenvalue weighted by Gasteiger charge is 2.26. The highest BCUT2D eigenvalue weighted by molar-refractivity contribution is 5.85. The van der Waals surface area contributed by atoms with Gasteiger partial charge < -0.3 is 11.1 Å². The molecule has 0 aliphatic carbocycles. The highest BCUT2D eigenvalue weighted by atomic mass is 35.5.